The topological polar surface area (TPSA) is 86.6 Å². The number of carboxylic acids is 1. The summed E-state index contributed by atoms with van der Waals surface area (Å²) in [6, 6.07) is -0.888. The maximum absolute atomic E-state index is 13.3. The van der Waals surface area contributed by atoms with Crippen molar-refractivity contribution in [2.75, 3.05) is 6.61 Å². The molecular formula is C11H10F3NO4. The third kappa shape index (κ3) is 3.68. The predicted octanol–water partition coefficient (Wildman–Crippen LogP) is 0.669. The van der Waals surface area contributed by atoms with Crippen molar-refractivity contribution in [1.29, 1.82) is 0 Å². The van der Waals surface area contributed by atoms with Gasteiger partial charge in [-0.3, -0.25) is 4.79 Å². The Kier molecular flexibility index (Phi) is 4.87. The predicted molar refractivity (Wildman–Crippen MR) is 56.9 cm³/mol. The second-order valence-electron chi connectivity index (χ2n) is 3.62. The molecule has 0 aliphatic carbocycles. The monoisotopic (exact) mass is 277 g/mol. The molecule has 1 aromatic carbocycles. The first kappa shape index (κ1) is 15.0. The molecule has 1 atom stereocenters. The highest BCUT2D eigenvalue weighted by molar-refractivity contribution is 5.97. The van der Waals surface area contributed by atoms with Gasteiger partial charge in [-0.2, -0.15) is 0 Å². The van der Waals surface area contributed by atoms with Crippen LogP contribution in [0, 0.1) is 17.5 Å². The standard InChI is InChI=1S/C11H10F3NO4/c12-5-3-6(13)9(7(14)4-5)10(17)15-8(1-2-16)11(18)19/h3-4,8,16H,1-2H2,(H,15,17)(H,18,19)/t8-/m1/s1. The van der Waals surface area contributed by atoms with E-state index in [1.165, 1.54) is 0 Å². The number of aliphatic hydroxyl groups is 1. The lowest BCUT2D eigenvalue weighted by atomic mass is 10.1. The molecule has 8 heteroatoms. The summed E-state index contributed by atoms with van der Waals surface area (Å²) in [6.07, 6.45) is -0.328. The van der Waals surface area contributed by atoms with Gasteiger partial charge in [-0.05, 0) is 0 Å². The summed E-state index contributed by atoms with van der Waals surface area (Å²) in [5.41, 5.74) is -1.08. The summed E-state index contributed by atoms with van der Waals surface area (Å²) in [4.78, 5) is 22.2. The zero-order chi connectivity index (χ0) is 14.6. The van der Waals surface area contributed by atoms with E-state index in [4.69, 9.17) is 10.2 Å². The molecule has 1 aromatic rings. The van der Waals surface area contributed by atoms with Crippen LogP contribution >= 0.6 is 0 Å². The summed E-state index contributed by atoms with van der Waals surface area (Å²) in [5.74, 6) is -6.89. The van der Waals surface area contributed by atoms with E-state index in [-0.39, 0.29) is 6.42 Å². The molecule has 1 amide bonds. The lowest BCUT2D eigenvalue weighted by Crippen LogP contribution is -2.42. The molecule has 0 saturated heterocycles. The lowest BCUT2D eigenvalue weighted by Gasteiger charge is -2.13. The van der Waals surface area contributed by atoms with E-state index in [9.17, 15) is 22.8 Å². The Balaban J connectivity index is 2.98. The molecule has 104 valence electrons. The molecule has 19 heavy (non-hydrogen) atoms. The minimum absolute atomic E-state index is 0.305. The number of hydrogen-bond donors (Lipinski definition) is 3. The fourth-order valence-corrected chi connectivity index (χ4v) is 1.38. The highest BCUT2D eigenvalue weighted by atomic mass is 19.1. The summed E-state index contributed by atoms with van der Waals surface area (Å²) in [6.45, 7) is -0.536. The van der Waals surface area contributed by atoms with E-state index in [2.05, 4.69) is 0 Å². The fourth-order valence-electron chi connectivity index (χ4n) is 1.38. The molecule has 1 rings (SSSR count). The van der Waals surface area contributed by atoms with Gasteiger partial charge < -0.3 is 15.5 Å². The average molecular weight is 277 g/mol. The number of halogens is 3. The molecule has 0 spiro atoms. The number of aliphatic carboxylic acids is 1. The van der Waals surface area contributed by atoms with Gasteiger partial charge >= 0.3 is 5.97 Å². The largest absolute Gasteiger partial charge is 0.480 e. The maximum atomic E-state index is 13.3. The van der Waals surface area contributed by atoms with Crippen LogP contribution in [-0.4, -0.2) is 34.7 Å². The minimum Gasteiger partial charge on any atom is -0.480 e. The van der Waals surface area contributed by atoms with Crippen molar-refractivity contribution in [2.45, 2.75) is 12.5 Å². The van der Waals surface area contributed by atoms with Gasteiger partial charge in [-0.15, -0.1) is 0 Å². The number of carbonyl (C=O) groups is 2. The van der Waals surface area contributed by atoms with E-state index in [0.717, 1.165) is 0 Å². The molecular weight excluding hydrogens is 267 g/mol. The molecule has 0 fully saturated rings. The normalized spacial score (nSPS) is 12.0. The third-order valence-corrected chi connectivity index (χ3v) is 2.26. The molecule has 5 nitrogen and oxygen atoms in total. The van der Waals surface area contributed by atoms with Crippen LogP contribution < -0.4 is 5.32 Å². The number of carbonyl (C=O) groups excluding carboxylic acids is 1. The average Bonchev–Trinajstić information content (AvgIpc) is 2.26. The summed E-state index contributed by atoms with van der Waals surface area (Å²) in [7, 11) is 0. The fraction of sp³-hybridized carbons (Fsp3) is 0.273. The first-order chi connectivity index (χ1) is 8.86. The highest BCUT2D eigenvalue weighted by Gasteiger charge is 2.24. The smallest absolute Gasteiger partial charge is 0.326 e. The van der Waals surface area contributed by atoms with E-state index >= 15 is 0 Å². The molecule has 0 heterocycles. The van der Waals surface area contributed by atoms with Crippen LogP contribution in [0.3, 0.4) is 0 Å². The highest BCUT2D eigenvalue weighted by Crippen LogP contribution is 2.15. The zero-order valence-electron chi connectivity index (χ0n) is 9.49. The second kappa shape index (κ2) is 6.19. The van der Waals surface area contributed by atoms with E-state index in [1.807, 2.05) is 5.32 Å². The van der Waals surface area contributed by atoms with Gasteiger partial charge in [0.2, 0.25) is 0 Å². The third-order valence-electron chi connectivity index (χ3n) is 2.26. The quantitative estimate of drug-likeness (QED) is 0.738. The van der Waals surface area contributed by atoms with Crippen molar-refractivity contribution in [3.05, 3.63) is 35.1 Å². The van der Waals surface area contributed by atoms with Gasteiger partial charge in [0.05, 0.1) is 0 Å². The molecule has 0 unspecified atom stereocenters. The summed E-state index contributed by atoms with van der Waals surface area (Å²) >= 11 is 0. The lowest BCUT2D eigenvalue weighted by molar-refractivity contribution is -0.139. The van der Waals surface area contributed by atoms with E-state index < -0.39 is 47.5 Å². The van der Waals surface area contributed by atoms with E-state index in [0.29, 0.717) is 12.1 Å². The molecule has 0 aliphatic rings. The molecule has 0 aliphatic heterocycles. The molecule has 3 N–H and O–H groups in total. The number of amides is 1. The number of benzene rings is 1. The number of hydrogen-bond acceptors (Lipinski definition) is 3. The van der Waals surface area contributed by atoms with Gasteiger partial charge in [-0.1, -0.05) is 0 Å². The van der Waals surface area contributed by atoms with Crippen LogP contribution in [0.1, 0.15) is 16.8 Å². The molecule has 0 aromatic heterocycles. The van der Waals surface area contributed by atoms with Crippen molar-refractivity contribution in [3.8, 4) is 0 Å². The number of carboxylic acid groups (broad SMARTS) is 1. The second-order valence-corrected chi connectivity index (χ2v) is 3.62. The number of aliphatic hydroxyl groups excluding tert-OH is 1. The van der Waals surface area contributed by atoms with Crippen LogP contribution in [0.25, 0.3) is 0 Å². The van der Waals surface area contributed by atoms with Gasteiger partial charge in [0.15, 0.2) is 0 Å². The van der Waals surface area contributed by atoms with Crippen LogP contribution in [0.15, 0.2) is 12.1 Å². The first-order valence-electron chi connectivity index (χ1n) is 5.16. The van der Waals surface area contributed by atoms with Gasteiger partial charge in [-0.25, -0.2) is 18.0 Å². The van der Waals surface area contributed by atoms with Crippen molar-refractivity contribution < 1.29 is 33.0 Å². The Morgan fingerprint density at radius 1 is 1.21 bits per heavy atom. The molecule has 0 saturated carbocycles. The van der Waals surface area contributed by atoms with Crippen LogP contribution in [-0.2, 0) is 4.79 Å². The molecule has 0 bridgehead atoms. The van der Waals surface area contributed by atoms with Gasteiger partial charge in [0, 0.05) is 25.2 Å². The van der Waals surface area contributed by atoms with Crippen molar-refractivity contribution in [2.24, 2.45) is 0 Å². The Morgan fingerprint density at radius 3 is 2.16 bits per heavy atom. The Labute approximate surface area is 105 Å². The zero-order valence-corrected chi connectivity index (χ0v) is 9.49. The van der Waals surface area contributed by atoms with Gasteiger partial charge in [0.1, 0.15) is 29.1 Å². The van der Waals surface area contributed by atoms with Crippen LogP contribution in [0.4, 0.5) is 13.2 Å². The van der Waals surface area contributed by atoms with Crippen molar-refractivity contribution in [3.63, 3.8) is 0 Å². The van der Waals surface area contributed by atoms with Crippen LogP contribution in [0.2, 0.25) is 0 Å². The number of nitrogens with one attached hydrogen (secondary N) is 1. The molecule has 0 radical (unpaired) electrons. The first-order valence-corrected chi connectivity index (χ1v) is 5.16. The summed E-state index contributed by atoms with van der Waals surface area (Å²) < 4.78 is 39.2. The summed E-state index contributed by atoms with van der Waals surface area (Å²) in [5, 5.41) is 19.1. The minimum atomic E-state index is -1.50. The Hall–Kier alpha value is -2.09. The van der Waals surface area contributed by atoms with Crippen molar-refractivity contribution in [1.82, 2.24) is 5.32 Å². The van der Waals surface area contributed by atoms with E-state index in [1.54, 1.807) is 0 Å². The van der Waals surface area contributed by atoms with Crippen molar-refractivity contribution >= 4 is 11.9 Å². The maximum Gasteiger partial charge on any atom is 0.326 e. The van der Waals surface area contributed by atoms with Crippen LogP contribution in [0.5, 0.6) is 0 Å². The Morgan fingerprint density at radius 2 is 1.74 bits per heavy atom. The number of rotatable bonds is 5. The Bertz CT molecular complexity index is 484. The van der Waals surface area contributed by atoms with Gasteiger partial charge in [0.25, 0.3) is 5.91 Å². The SMILES string of the molecule is O=C(N[C@H](CCO)C(=O)O)c1c(F)cc(F)cc1F.